The Kier molecular flexibility index (Phi) is 10.5. The highest BCUT2D eigenvalue weighted by Crippen LogP contribution is 2.33. The molecule has 3 amide bonds. The van der Waals surface area contributed by atoms with Gasteiger partial charge in [0.05, 0.1) is 17.6 Å². The number of ether oxygens (including phenoxy) is 1. The number of methoxy groups -OCH3 is 1. The number of anilines is 1. The largest absolute Gasteiger partial charge is 0.507 e. The van der Waals surface area contributed by atoms with Crippen LogP contribution in [0.5, 0.6) is 5.75 Å². The minimum absolute atomic E-state index is 0.105. The molecule has 0 atom stereocenters. The molecule has 3 aromatic carbocycles. The summed E-state index contributed by atoms with van der Waals surface area (Å²) in [6.45, 7) is 2.45. The Balaban J connectivity index is 1.34. The number of nitrogens with one attached hydrogen (secondary N) is 3. The molecule has 5 rings (SSSR count). The number of hydrogen-bond acceptors (Lipinski definition) is 7. The first-order valence-corrected chi connectivity index (χ1v) is 15.4. The number of aryl methyl sites for hydroxylation is 1. The highest BCUT2D eigenvalue weighted by molar-refractivity contribution is 5.98. The maximum atomic E-state index is 14.9. The Morgan fingerprint density at radius 1 is 1.00 bits per heavy atom. The molecule has 1 aliphatic heterocycles. The van der Waals surface area contributed by atoms with Crippen LogP contribution in [0.25, 0.3) is 22.2 Å². The second-order valence-corrected chi connectivity index (χ2v) is 11.3. The molecule has 0 fully saturated rings. The molecule has 12 heteroatoms. The van der Waals surface area contributed by atoms with Crippen molar-refractivity contribution in [1.29, 1.82) is 0 Å². The highest BCUT2D eigenvalue weighted by Gasteiger charge is 2.19. The maximum absolute atomic E-state index is 14.9. The van der Waals surface area contributed by atoms with E-state index in [-0.39, 0.29) is 47.2 Å². The zero-order valence-electron chi connectivity index (χ0n) is 26.1. The number of aromatic hydroxyl groups is 1. The Morgan fingerprint density at radius 2 is 1.83 bits per heavy atom. The van der Waals surface area contributed by atoms with Gasteiger partial charge in [-0.2, -0.15) is 0 Å². The molecule has 4 aromatic rings. The van der Waals surface area contributed by atoms with Crippen molar-refractivity contribution in [2.45, 2.75) is 25.7 Å². The summed E-state index contributed by atoms with van der Waals surface area (Å²) in [6, 6.07) is 14.3. The van der Waals surface area contributed by atoms with E-state index in [1.807, 2.05) is 17.7 Å². The first-order chi connectivity index (χ1) is 22.2. The molecule has 242 valence electrons. The molecular weight excluding hydrogens is 591 g/mol. The molecular formula is C34H39FN6O5. The molecule has 1 aromatic heterocycles. The number of hydrogen-bond donors (Lipinski definition) is 4. The normalized spacial score (nSPS) is 15.0. The van der Waals surface area contributed by atoms with E-state index in [1.165, 1.54) is 24.3 Å². The molecule has 0 saturated carbocycles. The first kappa shape index (κ1) is 32.4. The minimum atomic E-state index is -0.570. The summed E-state index contributed by atoms with van der Waals surface area (Å²) in [5.41, 5.74) is 3.44. The van der Waals surface area contributed by atoms with Crippen molar-refractivity contribution in [3.63, 3.8) is 0 Å². The van der Waals surface area contributed by atoms with Crippen LogP contribution in [0.15, 0.2) is 54.6 Å². The fraction of sp³-hybridized carbons (Fsp3) is 0.353. The van der Waals surface area contributed by atoms with E-state index in [0.29, 0.717) is 69.1 Å². The van der Waals surface area contributed by atoms with Gasteiger partial charge in [-0.05, 0) is 73.4 Å². The number of phenols is 1. The molecule has 2 heterocycles. The Labute approximate surface area is 266 Å². The number of phenolic OH excluding ortho intramolecular Hbond substituents is 1. The van der Waals surface area contributed by atoms with Gasteiger partial charge in [-0.15, -0.1) is 0 Å². The van der Waals surface area contributed by atoms with Crippen molar-refractivity contribution in [3.05, 3.63) is 77.1 Å². The zero-order valence-corrected chi connectivity index (χ0v) is 26.1. The SMILES string of the molecule is COCCNc1nc2cc(C(=O)N3CCCNC(=O)c4ccc(F)c(c4)-c4cc(ccc4O)CCNC(=O)CCC3)ccc2n1C. The number of carbonyl (C=O) groups excluding carboxylic acids is 3. The van der Waals surface area contributed by atoms with Crippen LogP contribution < -0.4 is 16.0 Å². The monoisotopic (exact) mass is 630 g/mol. The Bertz CT molecular complexity index is 1740. The van der Waals surface area contributed by atoms with Crippen molar-refractivity contribution in [3.8, 4) is 16.9 Å². The smallest absolute Gasteiger partial charge is 0.253 e. The van der Waals surface area contributed by atoms with Crippen molar-refractivity contribution in [1.82, 2.24) is 25.1 Å². The van der Waals surface area contributed by atoms with Gasteiger partial charge in [0.2, 0.25) is 11.9 Å². The minimum Gasteiger partial charge on any atom is -0.507 e. The lowest BCUT2D eigenvalue weighted by Crippen LogP contribution is -2.36. The second-order valence-electron chi connectivity index (χ2n) is 11.3. The Hall–Kier alpha value is -4.97. The van der Waals surface area contributed by atoms with Gasteiger partial charge in [0.25, 0.3) is 11.8 Å². The molecule has 0 radical (unpaired) electrons. The number of benzene rings is 3. The molecule has 1 aliphatic rings. The van der Waals surface area contributed by atoms with E-state index in [4.69, 9.17) is 4.74 Å². The summed E-state index contributed by atoms with van der Waals surface area (Å²) < 4.78 is 21.9. The Morgan fingerprint density at radius 3 is 2.65 bits per heavy atom. The molecule has 0 saturated heterocycles. The average Bonchev–Trinajstić information content (AvgIpc) is 3.36. The first-order valence-electron chi connectivity index (χ1n) is 15.4. The summed E-state index contributed by atoms with van der Waals surface area (Å²) >= 11 is 0. The number of aromatic nitrogens is 2. The van der Waals surface area contributed by atoms with E-state index < -0.39 is 11.7 Å². The third-order valence-electron chi connectivity index (χ3n) is 8.04. The molecule has 46 heavy (non-hydrogen) atoms. The van der Waals surface area contributed by atoms with Crippen LogP contribution >= 0.6 is 0 Å². The number of carbonyl (C=O) groups is 3. The predicted octanol–water partition coefficient (Wildman–Crippen LogP) is 3.86. The van der Waals surface area contributed by atoms with Crippen molar-refractivity contribution in [2.24, 2.45) is 7.05 Å². The van der Waals surface area contributed by atoms with Crippen LogP contribution in [-0.2, 0) is 23.0 Å². The average molecular weight is 631 g/mol. The van der Waals surface area contributed by atoms with Gasteiger partial charge in [-0.1, -0.05) is 6.07 Å². The van der Waals surface area contributed by atoms with Crippen molar-refractivity contribution >= 4 is 34.7 Å². The van der Waals surface area contributed by atoms with Crippen molar-refractivity contribution < 1.29 is 28.6 Å². The summed E-state index contributed by atoms with van der Waals surface area (Å²) in [4.78, 5) is 45.7. The molecule has 4 bridgehead atoms. The van der Waals surface area contributed by atoms with Crippen LogP contribution in [0.4, 0.5) is 10.3 Å². The topological polar surface area (TPSA) is 138 Å². The van der Waals surface area contributed by atoms with Gasteiger partial charge >= 0.3 is 0 Å². The number of nitrogens with zero attached hydrogens (tertiary/aromatic N) is 3. The summed E-state index contributed by atoms with van der Waals surface area (Å²) in [6.07, 6.45) is 1.61. The van der Waals surface area contributed by atoms with Crippen LogP contribution in [0, 0.1) is 5.82 Å². The van der Waals surface area contributed by atoms with E-state index in [1.54, 1.807) is 36.3 Å². The maximum Gasteiger partial charge on any atom is 0.253 e. The predicted molar refractivity (Wildman–Crippen MR) is 173 cm³/mol. The lowest BCUT2D eigenvalue weighted by atomic mass is 9.98. The van der Waals surface area contributed by atoms with Gasteiger partial charge in [0, 0.05) is 75.6 Å². The van der Waals surface area contributed by atoms with Crippen LogP contribution in [0.1, 0.15) is 45.5 Å². The van der Waals surface area contributed by atoms with E-state index in [9.17, 15) is 23.9 Å². The zero-order chi connectivity index (χ0) is 32.6. The summed E-state index contributed by atoms with van der Waals surface area (Å²) in [7, 11) is 3.53. The second kappa shape index (κ2) is 14.9. The molecule has 4 N–H and O–H groups in total. The van der Waals surface area contributed by atoms with E-state index in [0.717, 1.165) is 11.1 Å². The lowest BCUT2D eigenvalue weighted by Gasteiger charge is -2.23. The summed E-state index contributed by atoms with van der Waals surface area (Å²) in [5, 5.41) is 19.5. The number of rotatable bonds is 5. The lowest BCUT2D eigenvalue weighted by molar-refractivity contribution is -0.121. The quantitative estimate of drug-likeness (QED) is 0.246. The standard InChI is InChI=1S/C34H39FN6O5/c1-40-29-10-8-24(21-28(29)39-34(40)38-15-18-46-2)33(45)41-16-3-5-31(43)36-14-12-22-6-11-30(42)26(19-22)25-20-23(7-9-27(25)35)32(44)37-13-4-17-41/h6-11,19-21,42H,3-5,12-18H2,1-2H3,(H,36,43)(H,37,44)(H,38,39). The van der Waals surface area contributed by atoms with Crippen LogP contribution in [0.3, 0.4) is 0 Å². The number of fused-ring (bicyclic) bond motifs is 6. The molecule has 0 unspecified atom stereocenters. The van der Waals surface area contributed by atoms with Crippen LogP contribution in [0.2, 0.25) is 0 Å². The van der Waals surface area contributed by atoms with Gasteiger partial charge in [-0.25, -0.2) is 9.37 Å². The highest BCUT2D eigenvalue weighted by atomic mass is 19.1. The molecule has 0 spiro atoms. The van der Waals surface area contributed by atoms with E-state index >= 15 is 0 Å². The van der Waals surface area contributed by atoms with E-state index in [2.05, 4.69) is 20.9 Å². The third-order valence-corrected chi connectivity index (χ3v) is 8.04. The number of imidazole rings is 1. The number of halogens is 1. The van der Waals surface area contributed by atoms with Crippen molar-refractivity contribution in [2.75, 3.05) is 51.8 Å². The van der Waals surface area contributed by atoms with Crippen LogP contribution in [-0.4, -0.2) is 83.7 Å². The van der Waals surface area contributed by atoms with Gasteiger partial charge in [0.15, 0.2) is 0 Å². The summed E-state index contributed by atoms with van der Waals surface area (Å²) in [5.74, 6) is -0.734. The van der Waals surface area contributed by atoms with Gasteiger partial charge in [0.1, 0.15) is 11.6 Å². The fourth-order valence-corrected chi connectivity index (χ4v) is 5.52. The fourth-order valence-electron chi connectivity index (χ4n) is 5.52. The molecule has 11 nitrogen and oxygen atoms in total. The van der Waals surface area contributed by atoms with Gasteiger partial charge < -0.3 is 35.3 Å². The molecule has 0 aliphatic carbocycles. The van der Waals surface area contributed by atoms with Gasteiger partial charge in [-0.3, -0.25) is 14.4 Å². The third kappa shape index (κ3) is 7.63. The number of amides is 3.